The predicted molar refractivity (Wildman–Crippen MR) is 63.7 cm³/mol. The van der Waals surface area contributed by atoms with Gasteiger partial charge in [0.05, 0.1) is 3.74 Å². The van der Waals surface area contributed by atoms with Crippen LogP contribution in [0, 0.1) is 0 Å². The van der Waals surface area contributed by atoms with Gasteiger partial charge in [0.25, 0.3) is 0 Å². The Kier molecular flexibility index (Phi) is 8.31. The first kappa shape index (κ1) is 13.6. The Morgan fingerprint density at radius 2 is 1.77 bits per heavy atom. The van der Waals surface area contributed by atoms with E-state index < -0.39 is 0 Å². The molecule has 78 valence electrons. The van der Waals surface area contributed by atoms with E-state index in [1.54, 1.807) is 0 Å². The first-order valence-corrected chi connectivity index (χ1v) is 6.37. The van der Waals surface area contributed by atoms with E-state index in [0.717, 1.165) is 32.4 Å². The van der Waals surface area contributed by atoms with E-state index in [9.17, 15) is 4.79 Å². The number of ketones is 1. The van der Waals surface area contributed by atoms with Crippen molar-refractivity contribution in [2.45, 2.75) is 29.9 Å². The molecule has 1 fully saturated rings. The molecule has 0 bridgehead atoms. The van der Waals surface area contributed by atoms with Crippen molar-refractivity contribution < 1.29 is 4.79 Å². The summed E-state index contributed by atoms with van der Waals surface area (Å²) in [4.78, 5) is 12.8. The van der Waals surface area contributed by atoms with Crippen molar-refractivity contribution >= 4 is 37.6 Å². The second kappa shape index (κ2) is 7.94. The summed E-state index contributed by atoms with van der Waals surface area (Å²) in [7, 11) is 2.05. The second-order valence-corrected chi connectivity index (χ2v) is 6.58. The topological polar surface area (TPSA) is 20.3 Å². The van der Waals surface area contributed by atoms with Gasteiger partial charge in [-0.25, -0.2) is 0 Å². The standard InChI is InChI=1S/C6H11NO.C3H6Br2/c1-7-4-2-6(8)3-5-7;1-2-3(4)5/h2-5H2,1H3;3H,2H2,1H3. The average Bonchev–Trinajstić information content (AvgIpc) is 2.11. The monoisotopic (exact) mass is 313 g/mol. The fraction of sp³-hybridized carbons (Fsp3) is 0.889. The zero-order chi connectivity index (χ0) is 10.3. The van der Waals surface area contributed by atoms with E-state index in [1.807, 2.05) is 7.05 Å². The average molecular weight is 315 g/mol. The number of nitrogens with zero attached hydrogens (tertiary/aromatic N) is 1. The largest absolute Gasteiger partial charge is 0.305 e. The molecule has 13 heavy (non-hydrogen) atoms. The van der Waals surface area contributed by atoms with E-state index in [-0.39, 0.29) is 0 Å². The molecule has 0 N–H and O–H groups in total. The van der Waals surface area contributed by atoms with Crippen LogP contribution < -0.4 is 0 Å². The molecule has 0 aromatic heterocycles. The third-order valence-electron chi connectivity index (χ3n) is 1.85. The second-order valence-electron chi connectivity index (χ2n) is 3.14. The lowest BCUT2D eigenvalue weighted by Crippen LogP contribution is -2.29. The van der Waals surface area contributed by atoms with E-state index in [0.29, 0.717) is 9.52 Å². The maximum Gasteiger partial charge on any atom is 0.135 e. The zero-order valence-electron chi connectivity index (χ0n) is 8.22. The fourth-order valence-corrected chi connectivity index (χ4v) is 0.868. The van der Waals surface area contributed by atoms with Crippen molar-refractivity contribution in [3.05, 3.63) is 0 Å². The molecule has 1 heterocycles. The van der Waals surface area contributed by atoms with Crippen molar-refractivity contribution in [3.63, 3.8) is 0 Å². The summed E-state index contributed by atoms with van der Waals surface area (Å²) >= 11 is 6.58. The maximum absolute atomic E-state index is 10.6. The number of likely N-dealkylation sites (tertiary alicyclic amines) is 1. The van der Waals surface area contributed by atoms with Gasteiger partial charge in [-0.05, 0) is 13.5 Å². The molecule has 0 aromatic carbocycles. The number of Topliss-reactive ketones (excluding diaryl/α,β-unsaturated/α-hetero) is 1. The lowest BCUT2D eigenvalue weighted by Gasteiger charge is -2.19. The highest BCUT2D eigenvalue weighted by atomic mass is 79.9. The van der Waals surface area contributed by atoms with Gasteiger partial charge in [-0.2, -0.15) is 0 Å². The van der Waals surface area contributed by atoms with Crippen LogP contribution in [0.25, 0.3) is 0 Å². The molecule has 0 radical (unpaired) electrons. The minimum atomic E-state index is 0.420. The number of carbonyl (C=O) groups is 1. The smallest absolute Gasteiger partial charge is 0.135 e. The van der Waals surface area contributed by atoms with E-state index in [4.69, 9.17) is 0 Å². The highest BCUT2D eigenvalue weighted by Crippen LogP contribution is 2.10. The van der Waals surface area contributed by atoms with Crippen LogP contribution in [0.3, 0.4) is 0 Å². The maximum atomic E-state index is 10.6. The molecule has 1 aliphatic rings. The lowest BCUT2D eigenvalue weighted by atomic mass is 10.1. The molecule has 0 aliphatic carbocycles. The van der Waals surface area contributed by atoms with E-state index >= 15 is 0 Å². The number of hydrogen-bond acceptors (Lipinski definition) is 2. The summed E-state index contributed by atoms with van der Waals surface area (Å²) in [5.74, 6) is 0.420. The van der Waals surface area contributed by atoms with Gasteiger partial charge in [0.2, 0.25) is 0 Å². The van der Waals surface area contributed by atoms with Crippen molar-refractivity contribution in [1.82, 2.24) is 4.90 Å². The number of halogens is 2. The van der Waals surface area contributed by atoms with Crippen LogP contribution in [0.5, 0.6) is 0 Å². The summed E-state index contributed by atoms with van der Waals surface area (Å²) in [6, 6.07) is 0. The van der Waals surface area contributed by atoms with Crippen LogP contribution >= 0.6 is 31.9 Å². The van der Waals surface area contributed by atoms with Crippen LogP contribution in [-0.2, 0) is 4.79 Å². The quantitative estimate of drug-likeness (QED) is 0.694. The minimum absolute atomic E-state index is 0.420. The molecule has 0 atom stereocenters. The molecule has 0 amide bonds. The van der Waals surface area contributed by atoms with Crippen molar-refractivity contribution in [3.8, 4) is 0 Å². The third-order valence-corrected chi connectivity index (χ3v) is 3.15. The van der Waals surface area contributed by atoms with Crippen molar-refractivity contribution in [2.75, 3.05) is 20.1 Å². The molecule has 2 nitrogen and oxygen atoms in total. The lowest BCUT2D eigenvalue weighted by molar-refractivity contribution is -0.121. The summed E-state index contributed by atoms with van der Waals surface area (Å²) < 4.78 is 0.509. The van der Waals surface area contributed by atoms with Crippen LogP contribution in [-0.4, -0.2) is 34.6 Å². The Morgan fingerprint density at radius 1 is 1.38 bits per heavy atom. The Bertz CT molecular complexity index is 141. The van der Waals surface area contributed by atoms with Crippen LogP contribution in [0.2, 0.25) is 0 Å². The SMILES string of the molecule is CCC(Br)Br.CN1CCC(=O)CC1. The van der Waals surface area contributed by atoms with E-state index in [1.165, 1.54) is 0 Å². The van der Waals surface area contributed by atoms with Crippen molar-refractivity contribution in [1.29, 1.82) is 0 Å². The number of rotatable bonds is 1. The predicted octanol–water partition coefficient (Wildman–Crippen LogP) is 2.79. The fourth-order valence-electron chi connectivity index (χ4n) is 0.868. The molecule has 1 rings (SSSR count). The van der Waals surface area contributed by atoms with Crippen molar-refractivity contribution in [2.24, 2.45) is 0 Å². The molecule has 0 spiro atoms. The summed E-state index contributed by atoms with van der Waals surface area (Å²) in [5, 5.41) is 0. The van der Waals surface area contributed by atoms with Gasteiger partial charge in [-0.1, -0.05) is 38.8 Å². The van der Waals surface area contributed by atoms with Crippen LogP contribution in [0.15, 0.2) is 0 Å². The van der Waals surface area contributed by atoms with Gasteiger partial charge in [0.1, 0.15) is 5.78 Å². The Balaban J connectivity index is 0.000000252. The summed E-state index contributed by atoms with van der Waals surface area (Å²) in [6.07, 6.45) is 2.66. The van der Waals surface area contributed by atoms with Gasteiger partial charge >= 0.3 is 0 Å². The first-order chi connectivity index (χ1) is 6.06. The molecule has 0 unspecified atom stereocenters. The number of alkyl halides is 2. The van der Waals surface area contributed by atoms with Gasteiger partial charge in [0.15, 0.2) is 0 Å². The molecule has 0 saturated carbocycles. The number of piperidine rings is 1. The minimum Gasteiger partial charge on any atom is -0.305 e. The first-order valence-electron chi connectivity index (χ1n) is 4.54. The Labute approximate surface area is 97.3 Å². The zero-order valence-corrected chi connectivity index (χ0v) is 11.4. The molecule has 1 aliphatic heterocycles. The molecular weight excluding hydrogens is 298 g/mol. The highest BCUT2D eigenvalue weighted by molar-refractivity contribution is 9.24. The Morgan fingerprint density at radius 3 is 2.00 bits per heavy atom. The van der Waals surface area contributed by atoms with Gasteiger partial charge < -0.3 is 4.90 Å². The summed E-state index contributed by atoms with van der Waals surface area (Å²) in [5.41, 5.74) is 0. The molecular formula is C9H17Br2NO. The van der Waals surface area contributed by atoms with Crippen LogP contribution in [0.1, 0.15) is 26.2 Å². The molecule has 1 saturated heterocycles. The number of hydrogen-bond donors (Lipinski definition) is 0. The molecule has 0 aromatic rings. The Hall–Kier alpha value is 0.590. The summed E-state index contributed by atoms with van der Waals surface area (Å²) in [6.45, 7) is 4.02. The van der Waals surface area contributed by atoms with Gasteiger partial charge in [-0.15, -0.1) is 0 Å². The molecule has 4 heteroatoms. The van der Waals surface area contributed by atoms with Crippen LogP contribution in [0.4, 0.5) is 0 Å². The number of carbonyl (C=O) groups excluding carboxylic acids is 1. The van der Waals surface area contributed by atoms with Gasteiger partial charge in [0, 0.05) is 25.9 Å². The third kappa shape index (κ3) is 8.91. The highest BCUT2D eigenvalue weighted by Gasteiger charge is 2.10. The van der Waals surface area contributed by atoms with E-state index in [2.05, 4.69) is 43.7 Å². The normalized spacial score (nSPS) is 18.4. The van der Waals surface area contributed by atoms with Gasteiger partial charge in [-0.3, -0.25) is 4.79 Å².